The van der Waals surface area contributed by atoms with Gasteiger partial charge in [0.1, 0.15) is 11.3 Å². The number of thioether (sulfide) groups is 1. The highest BCUT2D eigenvalue weighted by Crippen LogP contribution is 2.31. The van der Waals surface area contributed by atoms with Crippen LogP contribution in [0.3, 0.4) is 0 Å². The second-order valence-electron chi connectivity index (χ2n) is 5.31. The van der Waals surface area contributed by atoms with Crippen molar-refractivity contribution in [2.75, 3.05) is 0 Å². The molecular formula is C20H11NO3S. The third-order valence-corrected chi connectivity index (χ3v) is 4.44. The van der Waals surface area contributed by atoms with Crippen LogP contribution in [-0.4, -0.2) is 11.1 Å². The van der Waals surface area contributed by atoms with Crippen LogP contribution in [0, 0.1) is 11.8 Å². The molecule has 0 unspecified atom stereocenters. The Morgan fingerprint density at radius 3 is 2.48 bits per heavy atom. The van der Waals surface area contributed by atoms with E-state index in [2.05, 4.69) is 17.2 Å². The molecule has 3 aromatic rings. The molecule has 2 heterocycles. The van der Waals surface area contributed by atoms with Gasteiger partial charge in [-0.2, -0.15) is 0 Å². The first-order valence-corrected chi connectivity index (χ1v) is 8.36. The zero-order valence-corrected chi connectivity index (χ0v) is 13.7. The van der Waals surface area contributed by atoms with Gasteiger partial charge in [0.05, 0.1) is 10.5 Å². The van der Waals surface area contributed by atoms with E-state index in [9.17, 15) is 9.59 Å². The maximum atomic E-state index is 11.8. The maximum absolute atomic E-state index is 11.8. The molecule has 1 aromatic heterocycles. The molecule has 4 rings (SSSR count). The van der Waals surface area contributed by atoms with Crippen molar-refractivity contribution in [2.24, 2.45) is 0 Å². The minimum Gasteiger partial charge on any atom is -0.455 e. The van der Waals surface area contributed by atoms with Crippen molar-refractivity contribution in [1.82, 2.24) is 5.32 Å². The first kappa shape index (κ1) is 15.3. The van der Waals surface area contributed by atoms with Crippen molar-refractivity contribution in [3.8, 4) is 11.8 Å². The number of hydrogen-bond acceptors (Lipinski definition) is 4. The summed E-state index contributed by atoms with van der Waals surface area (Å²) < 4.78 is 5.85. The number of hydrogen-bond donors (Lipinski definition) is 1. The number of imide groups is 1. The van der Waals surface area contributed by atoms with Crippen LogP contribution in [0.25, 0.3) is 17.0 Å². The molecule has 1 fully saturated rings. The van der Waals surface area contributed by atoms with Gasteiger partial charge in [-0.25, -0.2) is 0 Å². The SMILES string of the molecule is O=C1NC(=O)C(=Cc2oc3ccccc3c2C#Cc2ccccc2)S1. The summed E-state index contributed by atoms with van der Waals surface area (Å²) in [6.07, 6.45) is 1.57. The van der Waals surface area contributed by atoms with Crippen LogP contribution in [0.2, 0.25) is 0 Å². The summed E-state index contributed by atoms with van der Waals surface area (Å²) in [5.74, 6) is 6.30. The summed E-state index contributed by atoms with van der Waals surface area (Å²) in [4.78, 5) is 23.4. The topological polar surface area (TPSA) is 59.3 Å². The molecule has 0 saturated carbocycles. The Balaban J connectivity index is 1.85. The first-order chi connectivity index (χ1) is 12.2. The van der Waals surface area contributed by atoms with Crippen molar-refractivity contribution in [3.05, 3.63) is 76.4 Å². The van der Waals surface area contributed by atoms with Crippen LogP contribution < -0.4 is 5.32 Å². The van der Waals surface area contributed by atoms with E-state index < -0.39 is 5.91 Å². The predicted molar refractivity (Wildman–Crippen MR) is 97.7 cm³/mol. The minimum absolute atomic E-state index is 0.298. The second kappa shape index (κ2) is 6.34. The Bertz CT molecular complexity index is 1080. The van der Waals surface area contributed by atoms with E-state index in [0.717, 1.165) is 22.7 Å². The van der Waals surface area contributed by atoms with E-state index in [-0.39, 0.29) is 5.24 Å². The lowest BCUT2D eigenvalue weighted by atomic mass is 10.1. The zero-order valence-electron chi connectivity index (χ0n) is 12.9. The molecule has 0 atom stereocenters. The fraction of sp³-hybridized carbons (Fsp3) is 0. The number of fused-ring (bicyclic) bond motifs is 1. The largest absolute Gasteiger partial charge is 0.455 e. The standard InChI is InChI=1S/C20H11NO3S/c22-19-18(25-20(23)21-19)12-17-15(11-10-13-6-2-1-3-7-13)14-8-4-5-9-16(14)24-17/h1-9,12H,(H,21,22,23). The number of carbonyl (C=O) groups is 2. The molecule has 5 heteroatoms. The summed E-state index contributed by atoms with van der Waals surface area (Å²) >= 11 is 0.855. The lowest BCUT2D eigenvalue weighted by Gasteiger charge is -1.92. The van der Waals surface area contributed by atoms with Gasteiger partial charge in [-0.1, -0.05) is 42.2 Å². The fourth-order valence-corrected chi connectivity index (χ4v) is 3.14. The van der Waals surface area contributed by atoms with Crippen molar-refractivity contribution in [3.63, 3.8) is 0 Å². The molecule has 25 heavy (non-hydrogen) atoms. The summed E-state index contributed by atoms with van der Waals surface area (Å²) in [6.45, 7) is 0. The summed E-state index contributed by atoms with van der Waals surface area (Å²) in [5, 5.41) is 2.72. The monoisotopic (exact) mass is 345 g/mol. The molecule has 2 amide bonds. The smallest absolute Gasteiger partial charge is 0.290 e. The van der Waals surface area contributed by atoms with Crippen LogP contribution in [0.1, 0.15) is 16.9 Å². The molecule has 1 aliphatic heterocycles. The van der Waals surface area contributed by atoms with E-state index in [1.807, 2.05) is 54.6 Å². The first-order valence-electron chi connectivity index (χ1n) is 7.54. The minimum atomic E-state index is -0.419. The van der Waals surface area contributed by atoms with Gasteiger partial charge in [0, 0.05) is 17.0 Å². The van der Waals surface area contributed by atoms with Crippen LogP contribution in [-0.2, 0) is 4.79 Å². The van der Waals surface area contributed by atoms with Gasteiger partial charge in [0.25, 0.3) is 11.1 Å². The number of benzene rings is 2. The lowest BCUT2D eigenvalue weighted by molar-refractivity contribution is -0.115. The molecule has 120 valence electrons. The van der Waals surface area contributed by atoms with Gasteiger partial charge in [0.15, 0.2) is 0 Å². The maximum Gasteiger partial charge on any atom is 0.290 e. The third kappa shape index (κ3) is 3.08. The molecule has 1 N–H and O–H groups in total. The van der Waals surface area contributed by atoms with Crippen LogP contribution >= 0.6 is 11.8 Å². The molecule has 1 aliphatic rings. The van der Waals surface area contributed by atoms with E-state index in [0.29, 0.717) is 21.8 Å². The number of para-hydroxylation sites is 1. The highest BCUT2D eigenvalue weighted by atomic mass is 32.2. The number of amides is 2. The highest BCUT2D eigenvalue weighted by Gasteiger charge is 2.26. The van der Waals surface area contributed by atoms with Crippen LogP contribution in [0.5, 0.6) is 0 Å². The van der Waals surface area contributed by atoms with Crippen molar-refractivity contribution >= 4 is 40.0 Å². The third-order valence-electron chi connectivity index (χ3n) is 3.63. The van der Waals surface area contributed by atoms with Crippen molar-refractivity contribution in [2.45, 2.75) is 0 Å². The number of nitrogens with one attached hydrogen (secondary N) is 1. The number of furan rings is 1. The Morgan fingerprint density at radius 1 is 0.960 bits per heavy atom. The van der Waals surface area contributed by atoms with E-state index in [1.165, 1.54) is 0 Å². The van der Waals surface area contributed by atoms with Gasteiger partial charge in [-0.15, -0.1) is 0 Å². The molecule has 2 aromatic carbocycles. The molecule has 0 aliphatic carbocycles. The number of carbonyl (C=O) groups excluding carboxylic acids is 2. The van der Waals surface area contributed by atoms with Crippen molar-refractivity contribution < 1.29 is 14.0 Å². The lowest BCUT2D eigenvalue weighted by Crippen LogP contribution is -2.17. The average molecular weight is 345 g/mol. The van der Waals surface area contributed by atoms with E-state index in [1.54, 1.807) is 6.08 Å². The van der Waals surface area contributed by atoms with Gasteiger partial charge < -0.3 is 4.42 Å². The Kier molecular flexibility index (Phi) is 3.88. The Morgan fingerprint density at radius 2 is 1.72 bits per heavy atom. The molecular weight excluding hydrogens is 334 g/mol. The summed E-state index contributed by atoms with van der Waals surface area (Å²) in [5.41, 5.74) is 2.26. The van der Waals surface area contributed by atoms with E-state index >= 15 is 0 Å². The fourth-order valence-electron chi connectivity index (χ4n) is 2.49. The van der Waals surface area contributed by atoms with Crippen LogP contribution in [0.15, 0.2) is 63.9 Å². The van der Waals surface area contributed by atoms with Gasteiger partial charge >= 0.3 is 0 Å². The molecule has 1 saturated heterocycles. The Labute approximate surface area is 147 Å². The molecule has 0 bridgehead atoms. The quantitative estimate of drug-likeness (QED) is 0.531. The average Bonchev–Trinajstić information content (AvgIpc) is 3.13. The van der Waals surface area contributed by atoms with Gasteiger partial charge in [-0.05, 0) is 36.0 Å². The van der Waals surface area contributed by atoms with Gasteiger partial charge in [0.2, 0.25) is 0 Å². The highest BCUT2D eigenvalue weighted by molar-refractivity contribution is 8.18. The molecule has 0 radical (unpaired) electrons. The second-order valence-corrected chi connectivity index (χ2v) is 6.32. The molecule has 4 nitrogen and oxygen atoms in total. The predicted octanol–water partition coefficient (Wildman–Crippen LogP) is 4.16. The zero-order chi connectivity index (χ0) is 17.2. The normalized spacial score (nSPS) is 15.3. The molecule has 0 spiro atoms. The Hall–Kier alpha value is -3.23. The van der Waals surface area contributed by atoms with E-state index in [4.69, 9.17) is 4.42 Å². The number of rotatable bonds is 1. The van der Waals surface area contributed by atoms with Crippen molar-refractivity contribution in [1.29, 1.82) is 0 Å². The van der Waals surface area contributed by atoms with Crippen LogP contribution in [0.4, 0.5) is 4.79 Å². The van der Waals surface area contributed by atoms with Gasteiger partial charge in [-0.3, -0.25) is 14.9 Å². The summed E-state index contributed by atoms with van der Waals surface area (Å²) in [6, 6.07) is 17.2. The summed E-state index contributed by atoms with van der Waals surface area (Å²) in [7, 11) is 0.